The maximum absolute atomic E-state index is 7.09. The normalized spacial score (nSPS) is 13.2. The summed E-state index contributed by atoms with van der Waals surface area (Å²) in [5.74, 6) is 0. The molecule has 4 heteroatoms. The molecule has 1 aliphatic rings. The van der Waals surface area contributed by atoms with Gasteiger partial charge in [0, 0.05) is 49.4 Å². The Kier molecular flexibility index (Phi) is 7.04. The van der Waals surface area contributed by atoms with Gasteiger partial charge in [-0.2, -0.15) is 0 Å². The molecule has 4 nitrogen and oxygen atoms in total. The van der Waals surface area contributed by atoms with Crippen LogP contribution < -0.4 is 4.90 Å². The van der Waals surface area contributed by atoms with Crippen molar-refractivity contribution in [2.45, 2.75) is 19.3 Å². The van der Waals surface area contributed by atoms with Crippen LogP contribution in [0.3, 0.4) is 0 Å². The lowest BCUT2D eigenvalue weighted by atomic mass is 9.82. The fraction of sp³-hybridized carbons (Fsp3) is 0.0526. The maximum Gasteiger partial charge on any atom is 0.160 e. The van der Waals surface area contributed by atoms with E-state index in [4.69, 9.17) is 8.83 Å². The Morgan fingerprint density at radius 3 is 1.79 bits per heavy atom. The Hall–Kier alpha value is -7.82. The first-order valence-electron chi connectivity index (χ1n) is 21.0. The number of furan rings is 2. The van der Waals surface area contributed by atoms with Crippen molar-refractivity contribution in [3.63, 3.8) is 0 Å². The molecule has 13 rings (SSSR count). The molecule has 61 heavy (non-hydrogen) atoms. The second kappa shape index (κ2) is 12.6. The number of benzene rings is 9. The molecule has 0 N–H and O–H groups in total. The van der Waals surface area contributed by atoms with Crippen molar-refractivity contribution in [3.05, 3.63) is 205 Å². The molecule has 0 fully saturated rings. The molecule has 0 bridgehead atoms. The Labute approximate surface area is 352 Å². The van der Waals surface area contributed by atoms with E-state index in [2.05, 4.69) is 211 Å². The van der Waals surface area contributed by atoms with Gasteiger partial charge in [-0.3, -0.25) is 0 Å². The number of rotatable bonds is 5. The third-order valence-electron chi connectivity index (χ3n) is 13.2. The second-order valence-corrected chi connectivity index (χ2v) is 16.9. The van der Waals surface area contributed by atoms with Gasteiger partial charge < -0.3 is 18.3 Å². The molecular formula is C57H38N2O2. The zero-order chi connectivity index (χ0) is 40.4. The number of para-hydroxylation sites is 3. The van der Waals surface area contributed by atoms with Crippen molar-refractivity contribution in [2.24, 2.45) is 0 Å². The van der Waals surface area contributed by atoms with E-state index in [-0.39, 0.29) is 5.41 Å². The monoisotopic (exact) mass is 782 g/mol. The van der Waals surface area contributed by atoms with E-state index in [0.717, 1.165) is 77.7 Å². The summed E-state index contributed by atoms with van der Waals surface area (Å²) < 4.78 is 16.2. The van der Waals surface area contributed by atoms with Crippen LogP contribution in [0.4, 0.5) is 17.1 Å². The number of hydrogen-bond acceptors (Lipinski definition) is 3. The average Bonchev–Trinajstić information content (AvgIpc) is 4.03. The summed E-state index contributed by atoms with van der Waals surface area (Å²) in [6.45, 7) is 4.69. The molecule has 0 spiro atoms. The highest BCUT2D eigenvalue weighted by atomic mass is 16.3. The lowest BCUT2D eigenvalue weighted by Crippen LogP contribution is -2.16. The van der Waals surface area contributed by atoms with E-state index in [9.17, 15) is 0 Å². The SMILES string of the molecule is CC1(C)c2ccccc2-c2ccc(N(c3ccc(-c4ccccc4)cc3)c3ccc4oc5c(-n6c7ccccc7c7ccccc76)c6c(cc5c4c3)oc3ccccc36)cc21. The van der Waals surface area contributed by atoms with Gasteiger partial charge in [0.25, 0.3) is 0 Å². The number of fused-ring (bicyclic) bond motifs is 12. The molecular weight excluding hydrogens is 745 g/mol. The molecule has 0 amide bonds. The van der Waals surface area contributed by atoms with Crippen LogP contribution in [-0.2, 0) is 5.41 Å². The van der Waals surface area contributed by atoms with Crippen molar-refractivity contribution in [2.75, 3.05) is 4.90 Å². The zero-order valence-corrected chi connectivity index (χ0v) is 33.7. The predicted molar refractivity (Wildman–Crippen MR) is 253 cm³/mol. The summed E-state index contributed by atoms with van der Waals surface area (Å²) in [7, 11) is 0. The lowest BCUT2D eigenvalue weighted by Gasteiger charge is -2.28. The summed E-state index contributed by atoms with van der Waals surface area (Å²) in [6, 6.07) is 69.8. The third-order valence-corrected chi connectivity index (χ3v) is 13.2. The molecule has 0 aliphatic heterocycles. The van der Waals surface area contributed by atoms with Crippen molar-refractivity contribution in [3.8, 4) is 27.9 Å². The number of anilines is 3. The van der Waals surface area contributed by atoms with Crippen LogP contribution in [0.15, 0.2) is 203 Å². The first-order chi connectivity index (χ1) is 30.0. The van der Waals surface area contributed by atoms with Crippen LogP contribution in [0.1, 0.15) is 25.0 Å². The predicted octanol–water partition coefficient (Wildman–Crippen LogP) is 16.0. The van der Waals surface area contributed by atoms with Crippen LogP contribution >= 0.6 is 0 Å². The minimum atomic E-state index is -0.142. The Morgan fingerprint density at radius 2 is 1.00 bits per heavy atom. The third kappa shape index (κ3) is 4.87. The molecule has 9 aromatic carbocycles. The summed E-state index contributed by atoms with van der Waals surface area (Å²) in [6.07, 6.45) is 0. The lowest BCUT2D eigenvalue weighted by molar-refractivity contribution is 0.660. The fourth-order valence-electron chi connectivity index (χ4n) is 10.3. The van der Waals surface area contributed by atoms with Crippen LogP contribution in [0.5, 0.6) is 0 Å². The van der Waals surface area contributed by atoms with Gasteiger partial charge >= 0.3 is 0 Å². The van der Waals surface area contributed by atoms with E-state index < -0.39 is 0 Å². The van der Waals surface area contributed by atoms with Crippen LogP contribution in [0, 0.1) is 0 Å². The van der Waals surface area contributed by atoms with Gasteiger partial charge in [-0.25, -0.2) is 0 Å². The molecule has 0 radical (unpaired) electrons. The standard InChI is InChI=1S/C57H38N2O2/c1-57(2)47-20-10-6-16-40(47)41-30-28-39(33-48(41)57)58(37-26-24-36(25-27-37)35-14-4-3-5-15-35)38-29-31-52-45(32-38)46-34-53-54(44-19-9-13-23-51(44)60-53)55(56(46)61-52)59-49-21-11-7-17-42(49)43-18-8-12-22-50(43)59/h3-34H,1-2H3. The average molecular weight is 783 g/mol. The quantitative estimate of drug-likeness (QED) is 0.174. The molecule has 0 saturated heterocycles. The summed E-state index contributed by atoms with van der Waals surface area (Å²) in [5.41, 5.74) is 17.3. The maximum atomic E-state index is 7.09. The van der Waals surface area contributed by atoms with Crippen LogP contribution in [-0.4, -0.2) is 4.57 Å². The second-order valence-electron chi connectivity index (χ2n) is 16.9. The molecule has 0 unspecified atom stereocenters. The Bertz CT molecular complexity index is 3680. The van der Waals surface area contributed by atoms with Gasteiger partial charge in [-0.15, -0.1) is 0 Å². The molecule has 1 aliphatic carbocycles. The number of hydrogen-bond donors (Lipinski definition) is 0. The Balaban J connectivity index is 1.07. The Morgan fingerprint density at radius 1 is 0.410 bits per heavy atom. The van der Waals surface area contributed by atoms with Gasteiger partial charge in [-0.05, 0) is 100 Å². The van der Waals surface area contributed by atoms with Gasteiger partial charge in [0.2, 0.25) is 0 Å². The minimum absolute atomic E-state index is 0.142. The van der Waals surface area contributed by atoms with Crippen molar-refractivity contribution >= 4 is 82.7 Å². The largest absolute Gasteiger partial charge is 0.456 e. The summed E-state index contributed by atoms with van der Waals surface area (Å²) in [5, 5.41) is 6.52. The first-order valence-corrected chi connectivity index (χ1v) is 21.0. The van der Waals surface area contributed by atoms with Gasteiger partial charge in [0.15, 0.2) is 5.58 Å². The zero-order valence-electron chi connectivity index (χ0n) is 33.7. The van der Waals surface area contributed by atoms with E-state index in [0.29, 0.717) is 0 Å². The van der Waals surface area contributed by atoms with Crippen molar-refractivity contribution in [1.29, 1.82) is 0 Å². The fourth-order valence-corrected chi connectivity index (χ4v) is 10.3. The van der Waals surface area contributed by atoms with Gasteiger partial charge in [-0.1, -0.05) is 141 Å². The van der Waals surface area contributed by atoms with Crippen LogP contribution in [0.2, 0.25) is 0 Å². The summed E-state index contributed by atoms with van der Waals surface area (Å²) >= 11 is 0. The van der Waals surface area contributed by atoms with E-state index in [1.807, 2.05) is 6.07 Å². The van der Waals surface area contributed by atoms with E-state index in [1.165, 1.54) is 44.2 Å². The molecule has 12 aromatic rings. The van der Waals surface area contributed by atoms with E-state index >= 15 is 0 Å². The van der Waals surface area contributed by atoms with Crippen molar-refractivity contribution < 1.29 is 8.83 Å². The van der Waals surface area contributed by atoms with Crippen molar-refractivity contribution in [1.82, 2.24) is 4.57 Å². The minimum Gasteiger partial charge on any atom is -0.456 e. The molecule has 0 atom stereocenters. The smallest absolute Gasteiger partial charge is 0.160 e. The van der Waals surface area contributed by atoms with Gasteiger partial charge in [0.05, 0.1) is 16.4 Å². The highest BCUT2D eigenvalue weighted by molar-refractivity contribution is 6.23. The number of aromatic nitrogens is 1. The first kappa shape index (κ1) is 34.1. The van der Waals surface area contributed by atoms with Crippen LogP contribution in [0.25, 0.3) is 93.6 Å². The molecule has 3 heterocycles. The van der Waals surface area contributed by atoms with E-state index in [1.54, 1.807) is 0 Å². The summed E-state index contributed by atoms with van der Waals surface area (Å²) in [4.78, 5) is 2.39. The molecule has 288 valence electrons. The van der Waals surface area contributed by atoms with Gasteiger partial charge in [0.1, 0.15) is 22.4 Å². The number of nitrogens with zero attached hydrogens (tertiary/aromatic N) is 2. The highest BCUT2D eigenvalue weighted by Gasteiger charge is 2.36. The molecule has 0 saturated carbocycles. The molecule has 3 aromatic heterocycles. The topological polar surface area (TPSA) is 34.5 Å². The highest BCUT2D eigenvalue weighted by Crippen LogP contribution is 2.51.